The summed E-state index contributed by atoms with van der Waals surface area (Å²) in [6.07, 6.45) is 2.85. The van der Waals surface area contributed by atoms with Gasteiger partial charge >= 0.3 is 6.09 Å². The van der Waals surface area contributed by atoms with E-state index in [-0.39, 0.29) is 22.8 Å². The fourth-order valence-electron chi connectivity index (χ4n) is 4.34. The van der Waals surface area contributed by atoms with E-state index in [1.165, 1.54) is 6.07 Å². The first-order valence-electron chi connectivity index (χ1n) is 12.8. The molecule has 1 heterocycles. The molecule has 0 aliphatic carbocycles. The number of fused-ring (bicyclic) bond motifs is 1. The van der Waals surface area contributed by atoms with Gasteiger partial charge in [0.2, 0.25) is 10.0 Å². The van der Waals surface area contributed by atoms with Gasteiger partial charge in [-0.05, 0) is 82.2 Å². The molecule has 1 amide bonds. The van der Waals surface area contributed by atoms with Crippen LogP contribution in [0.5, 0.6) is 11.5 Å². The second kappa shape index (κ2) is 12.6. The lowest BCUT2D eigenvalue weighted by atomic mass is 9.99. The number of ketones is 1. The molecule has 10 heteroatoms. The number of rotatable bonds is 11. The maximum Gasteiger partial charge on any atom is 0.410 e. The van der Waals surface area contributed by atoms with Gasteiger partial charge in [0.1, 0.15) is 22.0 Å². The molecule has 0 aromatic heterocycles. The zero-order valence-corrected chi connectivity index (χ0v) is 23.4. The van der Waals surface area contributed by atoms with Crippen molar-refractivity contribution in [1.29, 1.82) is 0 Å². The maximum atomic E-state index is 13.0. The van der Waals surface area contributed by atoms with Gasteiger partial charge < -0.3 is 19.1 Å². The van der Waals surface area contributed by atoms with Crippen molar-refractivity contribution in [2.45, 2.75) is 69.8 Å². The Balaban J connectivity index is 1.64. The Hall–Kier alpha value is -3.11. The van der Waals surface area contributed by atoms with Gasteiger partial charge in [-0.2, -0.15) is 0 Å². The maximum absolute atomic E-state index is 13.0. The standard InChI is InChI=1S/C28H38N2O7S/c1-28(2,3)37-27(32)30(16-14-20-10-5-6-13-24(20)35-4)15-8-7-12-23(31)22-18-21-11-9-17-36-26(21)25(19-22)38(29,33)34/h5-6,10,13,18-19H,7-9,11-12,14-17H2,1-4H3,(H2,29,33,34). The Morgan fingerprint density at radius 1 is 1.11 bits per heavy atom. The number of hydrogen-bond donors (Lipinski definition) is 1. The number of Topliss-reactive ketones (excluding diaryl/α,β-unsaturated/α-hetero) is 1. The minimum absolute atomic E-state index is 0.148. The Kier molecular flexibility index (Phi) is 9.78. The van der Waals surface area contributed by atoms with Crippen molar-refractivity contribution >= 4 is 21.9 Å². The predicted molar refractivity (Wildman–Crippen MR) is 144 cm³/mol. The monoisotopic (exact) mass is 546 g/mol. The third-order valence-electron chi connectivity index (χ3n) is 6.17. The molecule has 208 valence electrons. The van der Waals surface area contributed by atoms with Gasteiger partial charge in [-0.3, -0.25) is 4.79 Å². The van der Waals surface area contributed by atoms with Crippen molar-refractivity contribution in [3.05, 3.63) is 53.1 Å². The van der Waals surface area contributed by atoms with Gasteiger partial charge in [0, 0.05) is 25.1 Å². The van der Waals surface area contributed by atoms with Gasteiger partial charge in [-0.25, -0.2) is 18.4 Å². The number of methoxy groups -OCH3 is 1. The van der Waals surface area contributed by atoms with Crippen molar-refractivity contribution < 1.29 is 32.2 Å². The van der Waals surface area contributed by atoms with Crippen molar-refractivity contribution in [3.63, 3.8) is 0 Å². The largest absolute Gasteiger partial charge is 0.496 e. The number of carbonyl (C=O) groups excluding carboxylic acids is 2. The number of nitrogens with zero attached hydrogens (tertiary/aromatic N) is 1. The summed E-state index contributed by atoms with van der Waals surface area (Å²) in [6, 6.07) is 10.7. The molecule has 9 nitrogen and oxygen atoms in total. The quantitative estimate of drug-likeness (QED) is 0.325. The van der Waals surface area contributed by atoms with Crippen LogP contribution in [0, 0.1) is 0 Å². The molecule has 2 aromatic carbocycles. The van der Waals surface area contributed by atoms with Crippen molar-refractivity contribution in [3.8, 4) is 11.5 Å². The van der Waals surface area contributed by atoms with Crippen LogP contribution in [0.25, 0.3) is 0 Å². The summed E-state index contributed by atoms with van der Waals surface area (Å²) in [4.78, 5) is 27.3. The molecular formula is C28H38N2O7S. The van der Waals surface area contributed by atoms with E-state index >= 15 is 0 Å². The summed E-state index contributed by atoms with van der Waals surface area (Å²) in [5, 5.41) is 5.39. The van der Waals surface area contributed by atoms with Crippen molar-refractivity contribution in [1.82, 2.24) is 4.90 Å². The van der Waals surface area contributed by atoms with E-state index in [2.05, 4.69) is 0 Å². The van der Waals surface area contributed by atoms with Crippen molar-refractivity contribution in [2.75, 3.05) is 26.8 Å². The number of amides is 1. The van der Waals surface area contributed by atoms with Gasteiger partial charge in [-0.15, -0.1) is 0 Å². The highest BCUT2D eigenvalue weighted by Gasteiger charge is 2.25. The Labute approximate surface area is 225 Å². The topological polar surface area (TPSA) is 125 Å². The van der Waals surface area contributed by atoms with E-state index in [9.17, 15) is 18.0 Å². The molecule has 2 N–H and O–H groups in total. The number of unbranched alkanes of at least 4 members (excludes halogenated alkanes) is 1. The van der Waals surface area contributed by atoms with Gasteiger partial charge in [0.25, 0.3) is 0 Å². The fourth-order valence-corrected chi connectivity index (χ4v) is 5.08. The van der Waals surface area contributed by atoms with Gasteiger partial charge in [0.15, 0.2) is 5.78 Å². The number of nitrogens with two attached hydrogens (primary N) is 1. The van der Waals surface area contributed by atoms with Crippen LogP contribution in [0.1, 0.15) is 67.9 Å². The first kappa shape index (κ1) is 29.4. The minimum Gasteiger partial charge on any atom is -0.496 e. The van der Waals surface area contributed by atoms with E-state index in [0.29, 0.717) is 56.5 Å². The van der Waals surface area contributed by atoms with E-state index in [1.807, 2.05) is 45.0 Å². The molecule has 2 aromatic rings. The van der Waals surface area contributed by atoms with Crippen LogP contribution in [-0.4, -0.2) is 57.6 Å². The summed E-state index contributed by atoms with van der Waals surface area (Å²) in [6.45, 7) is 6.72. The van der Waals surface area contributed by atoms with Crippen LogP contribution in [0.4, 0.5) is 4.79 Å². The molecule has 0 saturated carbocycles. The fraction of sp³-hybridized carbons (Fsp3) is 0.500. The molecule has 0 atom stereocenters. The Morgan fingerprint density at radius 2 is 1.84 bits per heavy atom. The minimum atomic E-state index is -4.04. The van der Waals surface area contributed by atoms with E-state index in [1.54, 1.807) is 18.1 Å². The summed E-state index contributed by atoms with van der Waals surface area (Å²) in [7, 11) is -2.43. The van der Waals surface area contributed by atoms with Crippen LogP contribution in [0.15, 0.2) is 41.3 Å². The third kappa shape index (κ3) is 8.19. The Bertz CT molecular complexity index is 1250. The molecule has 0 bridgehead atoms. The van der Waals surface area contributed by atoms with E-state index < -0.39 is 21.7 Å². The van der Waals surface area contributed by atoms with Crippen molar-refractivity contribution in [2.24, 2.45) is 5.14 Å². The summed E-state index contributed by atoms with van der Waals surface area (Å²) in [5.74, 6) is 0.830. The van der Waals surface area contributed by atoms with Gasteiger partial charge in [0.05, 0.1) is 13.7 Å². The molecule has 1 aliphatic heterocycles. The average molecular weight is 547 g/mol. The third-order valence-corrected chi connectivity index (χ3v) is 7.09. The number of benzene rings is 2. The number of ether oxygens (including phenoxy) is 3. The second-order valence-corrected chi connectivity index (χ2v) is 11.9. The first-order chi connectivity index (χ1) is 17.9. The van der Waals surface area contributed by atoms with Crippen LogP contribution in [-0.2, 0) is 27.6 Å². The lowest BCUT2D eigenvalue weighted by Gasteiger charge is -2.27. The van der Waals surface area contributed by atoms with Crippen LogP contribution in [0.2, 0.25) is 0 Å². The number of carbonyl (C=O) groups is 2. The zero-order chi connectivity index (χ0) is 27.9. The summed E-state index contributed by atoms with van der Waals surface area (Å²) < 4.78 is 40.8. The highest BCUT2D eigenvalue weighted by Crippen LogP contribution is 2.33. The predicted octanol–water partition coefficient (Wildman–Crippen LogP) is 4.50. The van der Waals surface area contributed by atoms with Crippen LogP contribution in [0.3, 0.4) is 0 Å². The van der Waals surface area contributed by atoms with E-state index in [0.717, 1.165) is 17.7 Å². The van der Waals surface area contributed by atoms with E-state index in [4.69, 9.17) is 19.3 Å². The SMILES string of the molecule is COc1ccccc1CCN(CCCCC(=O)c1cc2c(c(S(N)(=O)=O)c1)OCCC2)C(=O)OC(C)(C)C. The molecule has 0 radical (unpaired) electrons. The zero-order valence-electron chi connectivity index (χ0n) is 22.6. The second-order valence-electron chi connectivity index (χ2n) is 10.4. The Morgan fingerprint density at radius 3 is 2.53 bits per heavy atom. The summed E-state index contributed by atoms with van der Waals surface area (Å²) in [5.41, 5.74) is 1.34. The smallest absolute Gasteiger partial charge is 0.410 e. The normalized spacial score (nSPS) is 13.3. The number of primary sulfonamides is 1. The molecular weight excluding hydrogens is 508 g/mol. The lowest BCUT2D eigenvalue weighted by molar-refractivity contribution is 0.0249. The van der Waals surface area contributed by atoms with Crippen LogP contribution >= 0.6 is 0 Å². The molecule has 1 aliphatic rings. The molecule has 0 saturated heterocycles. The molecule has 0 spiro atoms. The van der Waals surface area contributed by atoms with Crippen LogP contribution < -0.4 is 14.6 Å². The molecule has 0 unspecified atom stereocenters. The lowest BCUT2D eigenvalue weighted by Crippen LogP contribution is -2.38. The first-order valence-corrected chi connectivity index (χ1v) is 14.4. The number of sulfonamides is 1. The molecule has 3 rings (SSSR count). The molecule has 0 fully saturated rings. The molecule has 38 heavy (non-hydrogen) atoms. The average Bonchev–Trinajstić information content (AvgIpc) is 2.85. The summed E-state index contributed by atoms with van der Waals surface area (Å²) >= 11 is 0. The van der Waals surface area contributed by atoms with Gasteiger partial charge in [-0.1, -0.05) is 18.2 Å². The number of para-hydroxylation sites is 1. The number of aryl methyl sites for hydroxylation is 1. The number of hydrogen-bond acceptors (Lipinski definition) is 7. The highest BCUT2D eigenvalue weighted by atomic mass is 32.2. The highest BCUT2D eigenvalue weighted by molar-refractivity contribution is 7.89.